The minimum atomic E-state index is -0.489. The van der Waals surface area contributed by atoms with Crippen molar-refractivity contribution in [3.63, 3.8) is 0 Å². The molecule has 0 saturated heterocycles. The van der Waals surface area contributed by atoms with E-state index in [0.717, 1.165) is 11.1 Å². The van der Waals surface area contributed by atoms with Crippen molar-refractivity contribution in [1.82, 2.24) is 29.3 Å². The third-order valence-electron chi connectivity index (χ3n) is 5.18. The lowest BCUT2D eigenvalue weighted by molar-refractivity contribution is 0.0526. The van der Waals surface area contributed by atoms with Gasteiger partial charge in [0, 0.05) is 6.20 Å². The Balaban J connectivity index is 1.55. The van der Waals surface area contributed by atoms with Crippen molar-refractivity contribution in [3.8, 4) is 11.8 Å². The Labute approximate surface area is 199 Å². The summed E-state index contributed by atoms with van der Waals surface area (Å²) >= 11 is 0. The minimum Gasteiger partial charge on any atom is -0.471 e. The topological polar surface area (TPSA) is 97.0 Å². The van der Waals surface area contributed by atoms with Crippen LogP contribution < -0.4 is 4.74 Å². The van der Waals surface area contributed by atoms with Gasteiger partial charge in [-0.25, -0.2) is 18.9 Å². The summed E-state index contributed by atoms with van der Waals surface area (Å²) in [7, 11) is 0. The molecule has 10 heteroatoms. The molecule has 0 fully saturated rings. The minimum absolute atomic E-state index is 0.192. The van der Waals surface area contributed by atoms with Gasteiger partial charge in [0.1, 0.15) is 12.4 Å². The first-order valence-corrected chi connectivity index (χ1v) is 11.0. The van der Waals surface area contributed by atoms with Gasteiger partial charge in [0.05, 0.1) is 31.2 Å². The number of fused-ring (bicyclic) bond motifs is 1. The summed E-state index contributed by atoms with van der Waals surface area (Å²) in [5.41, 5.74) is 2.92. The van der Waals surface area contributed by atoms with Crippen LogP contribution in [0.1, 0.15) is 28.4 Å². The number of ether oxygens (including phenoxy) is 2. The number of hydrogen-bond donors (Lipinski definition) is 0. The van der Waals surface area contributed by atoms with Crippen molar-refractivity contribution < 1.29 is 18.7 Å². The first-order chi connectivity index (χ1) is 17.1. The first-order valence-electron chi connectivity index (χ1n) is 11.0. The molecular weight excluding hydrogens is 451 g/mol. The molecule has 0 aliphatic carbocycles. The number of aromatic nitrogens is 6. The molecule has 0 aliphatic rings. The zero-order valence-electron chi connectivity index (χ0n) is 18.8. The smallest absolute Gasteiger partial charge is 0.341 e. The molecule has 0 radical (unpaired) electrons. The zero-order chi connectivity index (χ0) is 24.2. The molecule has 3 heterocycles. The van der Waals surface area contributed by atoms with Crippen LogP contribution in [0.15, 0.2) is 73.3 Å². The third kappa shape index (κ3) is 4.86. The molecular formula is C25H21FN6O3. The molecule has 2 aromatic carbocycles. The largest absolute Gasteiger partial charge is 0.471 e. The Hall–Kier alpha value is -4.60. The number of nitrogens with zero attached hydrogens (tertiary/aromatic N) is 6. The quantitative estimate of drug-likeness (QED) is 0.316. The molecule has 0 unspecified atom stereocenters. The van der Waals surface area contributed by atoms with E-state index in [4.69, 9.17) is 9.47 Å². The van der Waals surface area contributed by atoms with Crippen LogP contribution in [-0.4, -0.2) is 41.9 Å². The molecule has 0 N–H and O–H groups in total. The summed E-state index contributed by atoms with van der Waals surface area (Å²) < 4.78 is 27.9. The summed E-state index contributed by atoms with van der Waals surface area (Å²) in [6.45, 7) is 2.60. The number of rotatable bonds is 8. The van der Waals surface area contributed by atoms with E-state index in [2.05, 4.69) is 20.1 Å². The van der Waals surface area contributed by atoms with E-state index >= 15 is 0 Å². The lowest BCUT2D eigenvalue weighted by Gasteiger charge is -2.09. The Morgan fingerprint density at radius 1 is 1.06 bits per heavy atom. The summed E-state index contributed by atoms with van der Waals surface area (Å²) in [6.07, 6.45) is 4.49. The summed E-state index contributed by atoms with van der Waals surface area (Å²) in [5.74, 6) is -0.356. The lowest BCUT2D eigenvalue weighted by atomic mass is 10.2. The maximum absolute atomic E-state index is 13.7. The molecule has 3 aromatic heterocycles. The molecule has 176 valence electrons. The van der Waals surface area contributed by atoms with Gasteiger partial charge in [-0.1, -0.05) is 42.5 Å². The summed E-state index contributed by atoms with van der Waals surface area (Å²) in [4.78, 5) is 25.7. The van der Waals surface area contributed by atoms with E-state index in [1.165, 1.54) is 29.2 Å². The van der Waals surface area contributed by atoms with Gasteiger partial charge in [0.25, 0.3) is 5.95 Å². The van der Waals surface area contributed by atoms with Gasteiger partial charge < -0.3 is 14.0 Å². The van der Waals surface area contributed by atoms with Gasteiger partial charge >= 0.3 is 5.97 Å². The van der Waals surface area contributed by atoms with Crippen molar-refractivity contribution in [2.24, 2.45) is 0 Å². The van der Waals surface area contributed by atoms with E-state index in [0.29, 0.717) is 17.7 Å². The Morgan fingerprint density at radius 2 is 1.89 bits per heavy atom. The van der Waals surface area contributed by atoms with Crippen molar-refractivity contribution in [2.75, 3.05) is 6.61 Å². The Kier molecular flexibility index (Phi) is 6.16. The van der Waals surface area contributed by atoms with E-state index in [-0.39, 0.29) is 36.4 Å². The maximum atomic E-state index is 13.7. The number of carbonyl (C=O) groups is 1. The fourth-order valence-corrected chi connectivity index (χ4v) is 3.54. The highest BCUT2D eigenvalue weighted by atomic mass is 19.1. The van der Waals surface area contributed by atoms with Crippen LogP contribution in [-0.2, 0) is 17.9 Å². The molecule has 0 spiro atoms. The first kappa shape index (κ1) is 22.2. The normalized spacial score (nSPS) is 11.0. The average Bonchev–Trinajstić information content (AvgIpc) is 3.51. The zero-order valence-corrected chi connectivity index (χ0v) is 18.8. The molecule has 35 heavy (non-hydrogen) atoms. The van der Waals surface area contributed by atoms with Crippen LogP contribution in [0.4, 0.5) is 4.39 Å². The molecule has 9 nitrogen and oxygen atoms in total. The second-order valence-corrected chi connectivity index (χ2v) is 7.67. The molecule has 0 atom stereocenters. The summed E-state index contributed by atoms with van der Waals surface area (Å²) in [6, 6.07) is 16.0. The number of hydrogen-bond acceptors (Lipinski definition) is 7. The van der Waals surface area contributed by atoms with Crippen molar-refractivity contribution in [3.05, 3.63) is 95.8 Å². The number of carbonyl (C=O) groups excluding carboxylic acids is 1. The second-order valence-electron chi connectivity index (χ2n) is 7.67. The van der Waals surface area contributed by atoms with Gasteiger partial charge in [-0.2, -0.15) is 15.1 Å². The average molecular weight is 472 g/mol. The third-order valence-corrected chi connectivity index (χ3v) is 5.18. The highest BCUT2D eigenvalue weighted by Gasteiger charge is 2.18. The van der Waals surface area contributed by atoms with Gasteiger partial charge in [-0.3, -0.25) is 0 Å². The molecule has 5 aromatic rings. The lowest BCUT2D eigenvalue weighted by Crippen LogP contribution is -2.08. The van der Waals surface area contributed by atoms with Crippen LogP contribution in [0, 0.1) is 5.82 Å². The molecule has 0 aliphatic heterocycles. The molecule has 0 amide bonds. The van der Waals surface area contributed by atoms with Crippen LogP contribution in [0.25, 0.3) is 17.1 Å². The fraction of sp³-hybridized carbons (Fsp3) is 0.160. The van der Waals surface area contributed by atoms with Gasteiger partial charge in [-0.15, -0.1) is 0 Å². The summed E-state index contributed by atoms with van der Waals surface area (Å²) in [5, 5.41) is 4.22. The number of imidazole rings is 1. The second kappa shape index (κ2) is 9.72. The standard InChI is InChI=1S/C25H21FN6O3/c1-2-34-24(33)19-12-28-32(14-19)25-29-22-21(23(30-25)35-15-17-7-4-3-5-8-17)27-16-31(22)13-18-9-6-10-20(26)11-18/h3-12,14,16H,2,13,15H2,1H3. The van der Waals surface area contributed by atoms with Crippen LogP contribution in [0.3, 0.4) is 0 Å². The van der Waals surface area contributed by atoms with Crippen LogP contribution in [0.5, 0.6) is 5.88 Å². The van der Waals surface area contributed by atoms with Gasteiger partial charge in [-0.05, 0) is 30.2 Å². The van der Waals surface area contributed by atoms with Crippen molar-refractivity contribution in [1.29, 1.82) is 0 Å². The van der Waals surface area contributed by atoms with Gasteiger partial charge in [0.2, 0.25) is 5.88 Å². The number of esters is 1. The highest BCUT2D eigenvalue weighted by molar-refractivity contribution is 5.88. The van der Waals surface area contributed by atoms with Crippen molar-refractivity contribution >= 4 is 17.1 Å². The predicted octanol–water partition coefficient (Wildman–Crippen LogP) is 3.96. The van der Waals surface area contributed by atoms with E-state index in [1.54, 1.807) is 23.9 Å². The monoisotopic (exact) mass is 472 g/mol. The molecule has 0 saturated carbocycles. The van der Waals surface area contributed by atoms with E-state index in [1.807, 2.05) is 36.4 Å². The highest BCUT2D eigenvalue weighted by Crippen LogP contribution is 2.24. The Bertz CT molecular complexity index is 1480. The van der Waals surface area contributed by atoms with Gasteiger partial charge in [0.15, 0.2) is 11.2 Å². The van der Waals surface area contributed by atoms with Crippen molar-refractivity contribution in [2.45, 2.75) is 20.1 Å². The number of halogens is 1. The number of benzene rings is 2. The predicted molar refractivity (Wildman–Crippen MR) is 125 cm³/mol. The SMILES string of the molecule is CCOC(=O)c1cnn(-c2nc(OCc3ccccc3)c3ncn(Cc4cccc(F)c4)c3n2)c1. The maximum Gasteiger partial charge on any atom is 0.341 e. The Morgan fingerprint density at radius 3 is 2.69 bits per heavy atom. The fourth-order valence-electron chi connectivity index (χ4n) is 3.54. The molecule has 0 bridgehead atoms. The van der Waals surface area contributed by atoms with E-state index in [9.17, 15) is 9.18 Å². The van der Waals surface area contributed by atoms with Crippen LogP contribution in [0.2, 0.25) is 0 Å². The molecule has 5 rings (SSSR count). The van der Waals surface area contributed by atoms with Crippen LogP contribution >= 0.6 is 0 Å². The van der Waals surface area contributed by atoms with E-state index < -0.39 is 5.97 Å².